The van der Waals surface area contributed by atoms with E-state index in [1.54, 1.807) is 0 Å². The fourth-order valence-electron chi connectivity index (χ4n) is 2.48. The molecule has 35 heavy (non-hydrogen) atoms. The first-order chi connectivity index (χ1) is 15.9. The third-order valence-corrected chi connectivity index (χ3v) is 4.01. The summed E-state index contributed by atoms with van der Waals surface area (Å²) in [5.41, 5.74) is -7.65. The summed E-state index contributed by atoms with van der Waals surface area (Å²) in [6.45, 7) is -0.944. The number of alkyl halides is 12. The molecule has 0 saturated carbocycles. The average molecular weight is 524 g/mol. The Morgan fingerprint density at radius 2 is 0.743 bits per heavy atom. The van der Waals surface area contributed by atoms with E-state index in [9.17, 15) is 52.7 Å². The average Bonchev–Trinajstić information content (AvgIpc) is 2.70. The van der Waals surface area contributed by atoms with Gasteiger partial charge in [0.1, 0.15) is 0 Å². The minimum atomic E-state index is -5.06. The summed E-state index contributed by atoms with van der Waals surface area (Å²) in [4.78, 5) is 6.89. The summed E-state index contributed by atoms with van der Waals surface area (Å²) in [7, 11) is 0. The van der Waals surface area contributed by atoms with E-state index in [0.717, 1.165) is 12.4 Å². The third-order valence-electron chi connectivity index (χ3n) is 4.01. The summed E-state index contributed by atoms with van der Waals surface area (Å²) in [5.74, 6) is 0. The fourth-order valence-corrected chi connectivity index (χ4v) is 2.48. The smallest absolute Gasteiger partial charge is 0.370 e. The highest BCUT2D eigenvalue weighted by Gasteiger charge is 2.38. The molecular weight excluding hydrogens is 512 g/mol. The summed E-state index contributed by atoms with van der Waals surface area (Å²) in [5, 5.41) is 0. The van der Waals surface area contributed by atoms with Crippen LogP contribution in [0.25, 0.3) is 0 Å². The maximum atomic E-state index is 12.8. The molecule has 2 rings (SSSR count). The van der Waals surface area contributed by atoms with Crippen LogP contribution in [-0.2, 0) is 29.4 Å². The minimum absolute atomic E-state index is 0.0794. The van der Waals surface area contributed by atoms with Crippen LogP contribution >= 0.6 is 0 Å². The highest BCUT2D eigenvalue weighted by molar-refractivity contribution is 5.67. The van der Waals surface area contributed by atoms with Gasteiger partial charge >= 0.3 is 24.7 Å². The van der Waals surface area contributed by atoms with Crippen LogP contribution in [-0.4, -0.2) is 25.6 Å². The summed E-state index contributed by atoms with van der Waals surface area (Å²) < 4.78 is 158. The molecule has 0 heterocycles. The van der Waals surface area contributed by atoms with Crippen molar-refractivity contribution < 1.29 is 57.4 Å². The van der Waals surface area contributed by atoms with E-state index in [2.05, 4.69) is 9.98 Å². The van der Waals surface area contributed by atoms with Crippen molar-refractivity contribution in [2.24, 2.45) is 9.98 Å². The Labute approximate surface area is 188 Å². The van der Waals surface area contributed by atoms with E-state index in [1.165, 1.54) is 0 Å². The lowest BCUT2D eigenvalue weighted by molar-refractivity contribution is -0.144. The Balaban J connectivity index is 2.06. The number of nitrogens with zero attached hydrogens (tertiary/aromatic N) is 2. The topological polar surface area (TPSA) is 34.0 Å². The van der Waals surface area contributed by atoms with Gasteiger partial charge in [0.15, 0.2) is 0 Å². The molecule has 0 aromatic heterocycles. The zero-order chi connectivity index (χ0) is 26.7. The van der Waals surface area contributed by atoms with Gasteiger partial charge in [0.2, 0.25) is 0 Å². The summed E-state index contributed by atoms with van der Waals surface area (Å²) >= 11 is 0. The highest BCUT2D eigenvalue weighted by Crippen LogP contribution is 2.39. The van der Waals surface area contributed by atoms with Crippen molar-refractivity contribution in [2.75, 3.05) is 13.2 Å². The van der Waals surface area contributed by atoms with Gasteiger partial charge in [-0.3, -0.25) is 9.98 Å². The van der Waals surface area contributed by atoms with Crippen molar-refractivity contribution in [3.63, 3.8) is 0 Å². The standard InChI is InChI=1S/C20H12F12N2O/c21-17(22,23)11-5-12(18(24,25)26)8-15(7-11)33-1-3-35-4-2-34-16-9-13(19(27,28)29)6-14(10-16)20(30,31)32/h1-2,5-10H,3-4H2. The second-order valence-corrected chi connectivity index (χ2v) is 6.69. The third kappa shape index (κ3) is 8.56. The van der Waals surface area contributed by atoms with Crippen LogP contribution in [0.15, 0.2) is 46.4 Å². The highest BCUT2D eigenvalue weighted by atomic mass is 19.4. The lowest BCUT2D eigenvalue weighted by Gasteiger charge is -2.12. The van der Waals surface area contributed by atoms with Gasteiger partial charge in [0.25, 0.3) is 0 Å². The van der Waals surface area contributed by atoms with Crippen molar-refractivity contribution in [1.82, 2.24) is 0 Å². The van der Waals surface area contributed by atoms with Gasteiger partial charge in [-0.2, -0.15) is 52.7 Å². The fraction of sp³-hybridized carbons (Fsp3) is 0.300. The van der Waals surface area contributed by atoms with Gasteiger partial charge in [-0.1, -0.05) is 0 Å². The number of ether oxygens (including phenoxy) is 1. The zero-order valence-corrected chi connectivity index (χ0v) is 16.9. The lowest BCUT2D eigenvalue weighted by atomic mass is 10.1. The van der Waals surface area contributed by atoms with Gasteiger partial charge < -0.3 is 4.74 Å². The molecule has 3 nitrogen and oxygen atoms in total. The predicted octanol–water partition coefficient (Wildman–Crippen LogP) is 7.88. The van der Waals surface area contributed by atoms with E-state index in [-0.39, 0.29) is 12.1 Å². The molecule has 0 fully saturated rings. The van der Waals surface area contributed by atoms with Gasteiger partial charge in [-0.05, 0) is 36.4 Å². The number of rotatable bonds is 6. The number of hydrogen-bond acceptors (Lipinski definition) is 3. The van der Waals surface area contributed by atoms with Crippen LogP contribution in [0.4, 0.5) is 64.1 Å². The van der Waals surface area contributed by atoms with E-state index >= 15 is 0 Å². The molecule has 2 aromatic carbocycles. The van der Waals surface area contributed by atoms with Crippen LogP contribution in [0.5, 0.6) is 0 Å². The van der Waals surface area contributed by atoms with Crippen LogP contribution in [0.1, 0.15) is 22.3 Å². The first kappa shape index (κ1) is 28.1. The maximum absolute atomic E-state index is 12.8. The maximum Gasteiger partial charge on any atom is 0.416 e. The Hall–Kier alpha value is -3.10. The lowest BCUT2D eigenvalue weighted by Crippen LogP contribution is -2.10. The molecule has 2 aromatic rings. The van der Waals surface area contributed by atoms with Gasteiger partial charge in [0, 0.05) is 12.4 Å². The Morgan fingerprint density at radius 1 is 0.486 bits per heavy atom. The SMILES string of the molecule is FC(F)(F)c1cc(N=CCOCC=Nc2cc(C(F)(F)F)cc(C(F)(F)F)c2)cc(C(F)(F)F)c1. The molecule has 0 saturated heterocycles. The van der Waals surface area contributed by atoms with Crippen LogP contribution < -0.4 is 0 Å². The molecule has 0 aliphatic heterocycles. The van der Waals surface area contributed by atoms with E-state index in [1.807, 2.05) is 0 Å². The number of aliphatic imine (C=N–C) groups is 2. The Bertz CT molecular complexity index is 929. The van der Waals surface area contributed by atoms with Gasteiger partial charge in [-0.15, -0.1) is 0 Å². The van der Waals surface area contributed by atoms with Crippen molar-refractivity contribution in [1.29, 1.82) is 0 Å². The Kier molecular flexibility index (Phi) is 8.25. The van der Waals surface area contributed by atoms with Crippen LogP contribution in [0.2, 0.25) is 0 Å². The first-order valence-electron chi connectivity index (χ1n) is 9.09. The van der Waals surface area contributed by atoms with E-state index in [0.29, 0.717) is 24.3 Å². The Morgan fingerprint density at radius 3 is 0.971 bits per heavy atom. The molecule has 0 spiro atoms. The molecule has 0 aliphatic carbocycles. The molecule has 0 radical (unpaired) electrons. The van der Waals surface area contributed by atoms with E-state index in [4.69, 9.17) is 4.74 Å². The molecule has 0 aliphatic rings. The second-order valence-electron chi connectivity index (χ2n) is 6.69. The van der Waals surface area contributed by atoms with Crippen molar-refractivity contribution >= 4 is 23.8 Å². The van der Waals surface area contributed by atoms with Crippen molar-refractivity contribution in [2.45, 2.75) is 24.7 Å². The van der Waals surface area contributed by atoms with Crippen LogP contribution in [0, 0.1) is 0 Å². The quantitative estimate of drug-likeness (QED) is 0.215. The monoisotopic (exact) mass is 524 g/mol. The molecule has 0 N–H and O–H groups in total. The summed E-state index contributed by atoms with van der Waals surface area (Å²) in [6.07, 6.45) is -18.6. The molecule has 0 bridgehead atoms. The van der Waals surface area contributed by atoms with E-state index < -0.39 is 71.5 Å². The first-order valence-corrected chi connectivity index (χ1v) is 9.09. The number of halogens is 12. The van der Waals surface area contributed by atoms with Crippen molar-refractivity contribution in [3.8, 4) is 0 Å². The molecule has 15 heteroatoms. The second kappa shape index (κ2) is 10.3. The largest absolute Gasteiger partial charge is 0.416 e. The van der Waals surface area contributed by atoms with Gasteiger partial charge in [0.05, 0.1) is 46.8 Å². The molecule has 0 atom stereocenters. The van der Waals surface area contributed by atoms with Crippen molar-refractivity contribution in [3.05, 3.63) is 58.7 Å². The summed E-state index contributed by atoms with van der Waals surface area (Å²) in [6, 6.07) is 1.34. The number of benzene rings is 2. The molecule has 0 amide bonds. The molecule has 0 unspecified atom stereocenters. The predicted molar refractivity (Wildman–Crippen MR) is 100 cm³/mol. The molecular formula is C20H12F12N2O. The number of hydrogen-bond donors (Lipinski definition) is 0. The molecule has 192 valence electrons. The zero-order valence-electron chi connectivity index (χ0n) is 16.9. The normalized spacial score (nSPS) is 13.8. The van der Waals surface area contributed by atoms with Crippen LogP contribution in [0.3, 0.4) is 0 Å². The van der Waals surface area contributed by atoms with Gasteiger partial charge in [-0.25, -0.2) is 0 Å². The minimum Gasteiger partial charge on any atom is -0.370 e.